The smallest absolute Gasteiger partial charge is 0.326 e. The van der Waals surface area contributed by atoms with Gasteiger partial charge in [-0.2, -0.15) is 4.98 Å². The van der Waals surface area contributed by atoms with Crippen LogP contribution in [0.1, 0.15) is 143 Å². The maximum Gasteiger partial charge on any atom is 0.326 e. The molecule has 29 N–H and O–H groups in total. The number of unbranched alkanes of at least 4 members (excludes halogenated alkanes) is 4. The van der Waals surface area contributed by atoms with Crippen LogP contribution in [0.5, 0.6) is 0 Å². The van der Waals surface area contributed by atoms with E-state index in [1.54, 1.807) is 19.6 Å². The fraction of sp³-hybridized carbons (Fsp3) is 0.542. The zero-order valence-electron chi connectivity index (χ0n) is 74.9. The van der Waals surface area contributed by atoms with Gasteiger partial charge in [0.15, 0.2) is 11.2 Å². The Labute approximate surface area is 782 Å². The zero-order chi connectivity index (χ0) is 101. The van der Waals surface area contributed by atoms with Gasteiger partial charge in [0.05, 0.1) is 63.9 Å². The minimum absolute atomic E-state index is 0.0134. The van der Waals surface area contributed by atoms with Crippen LogP contribution >= 0.6 is 0 Å². The van der Waals surface area contributed by atoms with Crippen molar-refractivity contribution >= 4 is 142 Å². The van der Waals surface area contributed by atoms with Gasteiger partial charge in [-0.15, -0.1) is 0 Å². The lowest BCUT2D eigenvalue weighted by molar-refractivity contribution is -0.143. The highest BCUT2D eigenvalue weighted by Crippen LogP contribution is 2.16. The number of nitrogens with one attached hydrogen (secondary N) is 14. The van der Waals surface area contributed by atoms with E-state index in [9.17, 15) is 142 Å². The number of amides is 13. The van der Waals surface area contributed by atoms with E-state index >= 15 is 0 Å². The first-order valence-corrected chi connectivity index (χ1v) is 43.8. The largest absolute Gasteiger partial charge is 0.481 e. The lowest BCUT2D eigenvalue weighted by Gasteiger charge is -2.33. The summed E-state index contributed by atoms with van der Waals surface area (Å²) in [5.74, 6) is -21.0. The Kier molecular flexibility index (Phi) is 49.0. The second kappa shape index (κ2) is 59.6. The summed E-state index contributed by atoms with van der Waals surface area (Å²) in [7, 11) is 0. The number of urea groups is 2. The van der Waals surface area contributed by atoms with Gasteiger partial charge in [-0.3, -0.25) is 96.3 Å². The minimum atomic E-state index is -2.03. The average molecular weight is 1930 g/mol. The third kappa shape index (κ3) is 45.1. The van der Waals surface area contributed by atoms with E-state index in [0.717, 1.165) is 0 Å². The van der Waals surface area contributed by atoms with Crippen LogP contribution in [0.2, 0.25) is 0 Å². The van der Waals surface area contributed by atoms with Crippen molar-refractivity contribution < 1.29 is 142 Å². The van der Waals surface area contributed by atoms with Crippen LogP contribution in [0.3, 0.4) is 0 Å². The monoisotopic (exact) mass is 1930 g/mol. The molecule has 137 heavy (non-hydrogen) atoms. The van der Waals surface area contributed by atoms with Crippen LogP contribution < -0.4 is 91.9 Å². The number of nitrogen functional groups attached to an aromatic ring is 1. The van der Waals surface area contributed by atoms with Crippen molar-refractivity contribution in [2.24, 2.45) is 11.5 Å². The Hall–Kier alpha value is -14.9. The number of aliphatic carboxylic acids is 9. The number of aromatic nitrogens is 4. The van der Waals surface area contributed by atoms with E-state index in [0.29, 0.717) is 22.5 Å². The van der Waals surface area contributed by atoms with Crippen molar-refractivity contribution in [3.63, 3.8) is 0 Å². The average Bonchev–Trinajstić information content (AvgIpc) is 0.807. The van der Waals surface area contributed by atoms with Gasteiger partial charge in [0.25, 0.3) is 5.91 Å². The highest BCUT2D eigenvalue weighted by Gasteiger charge is 2.35. The Morgan fingerprint density at radius 3 is 1.34 bits per heavy atom. The molecule has 54 heteroatoms. The van der Waals surface area contributed by atoms with E-state index in [-0.39, 0.29) is 204 Å². The lowest BCUT2D eigenvalue weighted by Crippen LogP contribution is -2.58. The number of carboxylic acid groups (broad SMARTS) is 9. The Morgan fingerprint density at radius 2 is 0.832 bits per heavy atom. The lowest BCUT2D eigenvalue weighted by atomic mass is 10.0. The van der Waals surface area contributed by atoms with Crippen LogP contribution in [0, 0.1) is 0 Å². The van der Waals surface area contributed by atoms with E-state index in [2.05, 4.69) is 83.7 Å². The molecule has 4 aromatic rings. The predicted molar refractivity (Wildman–Crippen MR) is 479 cm³/mol. The molecule has 1 aliphatic heterocycles. The van der Waals surface area contributed by atoms with Crippen LogP contribution in [0.4, 0.5) is 21.2 Å². The van der Waals surface area contributed by atoms with Crippen LogP contribution in [0.15, 0.2) is 59.5 Å². The molecule has 1 saturated heterocycles. The standard InChI is InChI=1S/C83H120N24O30/c84-25-5-1-10-54(97-76(128)59(39-65(115)116)99-75(127)58(38-64(113)114)95-61(109)37-47-13-15-48(16-14-47)40-92-82(136)89-28-8-4-12-55(78(130)131)100-83(137)101-57(80(134)135)22-24-63(111)112)74(126)96-52(70(85)123)9-2-7-27-88-73(125)53(94-62(110)43-104-29-31-105(44-66(117)118)33-35-107(46-68(121)122)36-34-106(32-30-104)45-67(119)120)11-3-6-26-87-60(108)23-21-56(79(132)133)98-72(124)49-17-19-50(20-18-49)90-41-51-42-91-71-69(93-51)77(129)103-81(86)102-71/h13-20,42,52-59,90H,1-12,21-41,43-46,84H2,(H2,85,123)(H,87,108)(H,88,125)(H,94,110)(H,95,109)(H,96,126)(H,97,128)(H,98,124)(H,99,127)(H,111,112)(H,113,114)(H,115,116)(H,117,118)(H,119,120)(H,121,122)(H,130,131)(H,132,133)(H,134,135)(H2,89,92,136)(H2,100,101,137)(H3,86,91,102,103,129)/t52-,53-,54-,55-,56-,57-,58-,59-/m0/s1. The maximum atomic E-state index is 14.2. The normalized spacial score (nSPS) is 14.5. The highest BCUT2D eigenvalue weighted by atomic mass is 16.4. The van der Waals surface area contributed by atoms with Gasteiger partial charge in [-0.1, -0.05) is 24.3 Å². The SMILES string of the molecule is NCCCC[C@H](NC(=O)[C@H](CC(=O)O)NC(=O)[C@H](CC(=O)O)NC(=O)Cc1ccc(CNC(=O)NCCCC[C@H](NC(=O)N[C@@H](CCC(=O)O)C(=O)O)C(=O)O)cc1)C(=O)N[C@@H](CCCCNC(=O)[C@H](CCCCNC(=O)CC[C@H](NC(=O)c1ccc(NCc2cnc3[nH]c(N)nc(=O)c3n2)cc1)C(=O)O)NC(=O)CN1CCN(CC(=O)O)CCN(CC(=O)O)CCN(CC(=O)O)CC1)C(N)=O. The van der Waals surface area contributed by atoms with Crippen molar-refractivity contribution in [1.29, 1.82) is 0 Å². The van der Waals surface area contributed by atoms with Gasteiger partial charge in [0.1, 0.15) is 48.3 Å². The Morgan fingerprint density at radius 1 is 0.394 bits per heavy atom. The number of aromatic amines is 1. The zero-order valence-corrected chi connectivity index (χ0v) is 74.9. The van der Waals surface area contributed by atoms with Gasteiger partial charge in [-0.25, -0.2) is 33.9 Å². The number of rotatable bonds is 61. The number of benzene rings is 2. The summed E-state index contributed by atoms with van der Waals surface area (Å²) in [6.07, 6.45) is -2.27. The van der Waals surface area contributed by atoms with Crippen LogP contribution in [0.25, 0.3) is 11.2 Å². The van der Waals surface area contributed by atoms with Crippen molar-refractivity contribution in [3.8, 4) is 0 Å². The maximum absolute atomic E-state index is 14.2. The number of carbonyl (C=O) groups excluding carboxylic acids is 11. The van der Waals surface area contributed by atoms with Gasteiger partial charge in [0.2, 0.25) is 53.2 Å². The molecule has 0 saturated carbocycles. The molecule has 0 radical (unpaired) electrons. The van der Waals surface area contributed by atoms with E-state index < -0.39 is 231 Å². The van der Waals surface area contributed by atoms with Gasteiger partial charge < -0.3 is 137 Å². The summed E-state index contributed by atoms with van der Waals surface area (Å²) < 4.78 is 0. The third-order valence-electron chi connectivity index (χ3n) is 21.0. The molecule has 0 unspecified atom stereocenters. The number of fused-ring (bicyclic) bond motifs is 1. The van der Waals surface area contributed by atoms with Crippen LogP contribution in [-0.4, -0.2) is 357 Å². The van der Waals surface area contributed by atoms with E-state index in [4.69, 9.17) is 22.3 Å². The second-order valence-electron chi connectivity index (χ2n) is 32.0. The molecule has 1 fully saturated rings. The molecule has 0 bridgehead atoms. The van der Waals surface area contributed by atoms with Crippen molar-refractivity contribution in [1.82, 2.24) is 103 Å². The molecule has 2 aromatic heterocycles. The number of hydrogen-bond donors (Lipinski definition) is 26. The Bertz CT molecular complexity index is 4860. The number of H-pyrrole nitrogens is 1. The molecule has 0 aliphatic carbocycles. The first kappa shape index (κ1) is 113. The molecule has 752 valence electrons. The Balaban J connectivity index is 1.18. The molecular weight excluding hydrogens is 1810 g/mol. The number of carboxylic acids is 9. The summed E-state index contributed by atoms with van der Waals surface area (Å²) in [4.78, 5) is 288. The molecule has 54 nitrogen and oxygen atoms in total. The molecule has 2 aromatic carbocycles. The summed E-state index contributed by atoms with van der Waals surface area (Å²) in [5.41, 5.74) is 18.3. The van der Waals surface area contributed by atoms with Gasteiger partial charge in [-0.05, 0) is 132 Å². The first-order chi connectivity index (χ1) is 65.0. The third-order valence-corrected chi connectivity index (χ3v) is 21.0. The number of nitrogens with zero attached hydrogens (tertiary/aromatic N) is 7. The highest BCUT2D eigenvalue weighted by molar-refractivity contribution is 5.99. The topological polar surface area (TPSA) is 842 Å². The van der Waals surface area contributed by atoms with Gasteiger partial charge >= 0.3 is 71.3 Å². The fourth-order valence-electron chi connectivity index (χ4n) is 13.8. The van der Waals surface area contributed by atoms with Crippen molar-refractivity contribution in [2.75, 3.05) is 116 Å². The molecule has 13 amide bonds. The first-order valence-electron chi connectivity index (χ1n) is 43.8. The molecule has 8 atom stereocenters. The summed E-state index contributed by atoms with van der Waals surface area (Å²) in [6, 6.07) is -2.72. The van der Waals surface area contributed by atoms with Crippen molar-refractivity contribution in [3.05, 3.63) is 87.5 Å². The summed E-state index contributed by atoms with van der Waals surface area (Å²) >= 11 is 0. The minimum Gasteiger partial charge on any atom is -0.481 e. The number of hydrogen-bond acceptors (Lipinski definition) is 31. The number of carbonyl (C=O) groups is 20. The molecule has 1 aliphatic rings. The predicted octanol–water partition coefficient (Wildman–Crippen LogP) is -5.81. The van der Waals surface area contributed by atoms with E-state index in [1.165, 1.54) is 54.7 Å². The fourth-order valence-corrected chi connectivity index (χ4v) is 13.8. The van der Waals surface area contributed by atoms with E-state index in [1.807, 2.05) is 5.32 Å². The number of primary amides is 1. The van der Waals surface area contributed by atoms with Crippen LogP contribution in [-0.2, 0) is 101 Å². The number of nitrogens with two attached hydrogens (primary N) is 3. The molecule has 5 rings (SSSR count). The summed E-state index contributed by atoms with van der Waals surface area (Å²) in [6.45, 7) is -1.13. The second-order valence-corrected chi connectivity index (χ2v) is 32.0. The quantitative estimate of drug-likeness (QED) is 0.0183. The molecule has 0 spiro atoms. The summed E-state index contributed by atoms with van der Waals surface area (Å²) in [5, 5.41) is 119. The molecular formula is C83H120N24O30. The van der Waals surface area contributed by atoms with Crippen molar-refractivity contribution in [2.45, 2.75) is 183 Å². The molecule has 3 heterocycles. The van der Waals surface area contributed by atoms with Gasteiger partial charge in [0, 0.05) is 103 Å². The number of anilines is 2.